The molecule has 0 aliphatic carbocycles. The van der Waals surface area contributed by atoms with Crippen LogP contribution in [0, 0.1) is 26.7 Å². The summed E-state index contributed by atoms with van der Waals surface area (Å²) in [5, 5.41) is 0. The maximum absolute atomic E-state index is 12.8. The number of aryl methyl sites for hydroxylation is 3. The number of hydrogen-bond donors (Lipinski definition) is 1. The van der Waals surface area contributed by atoms with E-state index in [4.69, 9.17) is 0 Å². The minimum absolute atomic E-state index is 0.317. The van der Waals surface area contributed by atoms with E-state index in [0.717, 1.165) is 48.5 Å². The summed E-state index contributed by atoms with van der Waals surface area (Å²) in [6, 6.07) is 3.75. The molecule has 0 atom stereocenters. The average Bonchev–Trinajstić information content (AvgIpc) is 2.54. The number of nitrogens with zero attached hydrogens (tertiary/aromatic N) is 3. The van der Waals surface area contributed by atoms with E-state index in [1.807, 2.05) is 32.9 Å². The van der Waals surface area contributed by atoms with Gasteiger partial charge in [-0.1, -0.05) is 24.6 Å². The molecule has 7 heteroatoms. The normalized spacial score (nSPS) is 15.9. The molecule has 26 heavy (non-hydrogen) atoms. The largest absolute Gasteiger partial charge is 0.341 e. The SMILES string of the molecule is Cc1cc(C)c(S(=O)(=O)Nc2cnc(N3CCC(C)CC3)nc2)c(C)c1. The Kier molecular flexibility index (Phi) is 5.18. The van der Waals surface area contributed by atoms with Gasteiger partial charge in [0.15, 0.2) is 0 Å². The van der Waals surface area contributed by atoms with E-state index in [9.17, 15) is 8.42 Å². The second kappa shape index (κ2) is 7.23. The van der Waals surface area contributed by atoms with Gasteiger partial charge in [-0.15, -0.1) is 0 Å². The lowest BCUT2D eigenvalue weighted by atomic mass is 10.00. The van der Waals surface area contributed by atoms with Crippen molar-refractivity contribution in [1.82, 2.24) is 9.97 Å². The zero-order valence-electron chi connectivity index (χ0n) is 15.8. The molecule has 2 heterocycles. The predicted octanol–water partition coefficient (Wildman–Crippen LogP) is 3.44. The number of sulfonamides is 1. The summed E-state index contributed by atoms with van der Waals surface area (Å²) in [6.45, 7) is 9.71. The first-order valence-corrected chi connectivity index (χ1v) is 10.4. The summed E-state index contributed by atoms with van der Waals surface area (Å²) in [7, 11) is -3.68. The monoisotopic (exact) mass is 374 g/mol. The molecule has 1 aromatic heterocycles. The van der Waals surface area contributed by atoms with Gasteiger partial charge in [0, 0.05) is 13.1 Å². The van der Waals surface area contributed by atoms with Crippen molar-refractivity contribution in [2.45, 2.75) is 45.4 Å². The lowest BCUT2D eigenvalue weighted by molar-refractivity contribution is 0.434. The average molecular weight is 375 g/mol. The molecule has 1 fully saturated rings. The van der Waals surface area contributed by atoms with E-state index < -0.39 is 10.0 Å². The van der Waals surface area contributed by atoms with E-state index in [2.05, 4.69) is 26.5 Å². The Morgan fingerprint density at radius 1 is 1.04 bits per heavy atom. The van der Waals surface area contributed by atoms with E-state index in [0.29, 0.717) is 16.5 Å². The van der Waals surface area contributed by atoms with Gasteiger partial charge in [0.2, 0.25) is 5.95 Å². The molecule has 0 radical (unpaired) electrons. The van der Waals surface area contributed by atoms with Gasteiger partial charge in [0.25, 0.3) is 10.0 Å². The highest BCUT2D eigenvalue weighted by molar-refractivity contribution is 7.92. The first kappa shape index (κ1) is 18.6. The summed E-state index contributed by atoms with van der Waals surface area (Å²) in [5.74, 6) is 1.39. The minimum atomic E-state index is -3.68. The van der Waals surface area contributed by atoms with Crippen LogP contribution in [0.2, 0.25) is 0 Å². The highest BCUT2D eigenvalue weighted by atomic mass is 32.2. The molecular formula is C19H26N4O2S. The third-order valence-corrected chi connectivity index (χ3v) is 6.52. The van der Waals surface area contributed by atoms with Crippen molar-refractivity contribution < 1.29 is 8.42 Å². The van der Waals surface area contributed by atoms with Gasteiger partial charge in [-0.2, -0.15) is 0 Å². The summed E-state index contributed by atoms with van der Waals surface area (Å²) in [5.41, 5.74) is 2.88. The van der Waals surface area contributed by atoms with Gasteiger partial charge >= 0.3 is 0 Å². The molecule has 140 valence electrons. The highest BCUT2D eigenvalue weighted by Gasteiger charge is 2.21. The highest BCUT2D eigenvalue weighted by Crippen LogP contribution is 2.25. The van der Waals surface area contributed by atoms with Crippen molar-refractivity contribution in [3.63, 3.8) is 0 Å². The quantitative estimate of drug-likeness (QED) is 0.887. The third kappa shape index (κ3) is 3.98. The van der Waals surface area contributed by atoms with Crippen molar-refractivity contribution in [1.29, 1.82) is 0 Å². The summed E-state index contributed by atoms with van der Waals surface area (Å²) < 4.78 is 28.2. The van der Waals surface area contributed by atoms with Crippen LogP contribution in [0.15, 0.2) is 29.4 Å². The Balaban J connectivity index is 1.78. The van der Waals surface area contributed by atoms with Crippen molar-refractivity contribution in [3.05, 3.63) is 41.2 Å². The maximum atomic E-state index is 12.8. The Morgan fingerprint density at radius 2 is 1.58 bits per heavy atom. The summed E-state index contributed by atoms with van der Waals surface area (Å²) in [6.07, 6.45) is 5.33. The molecule has 1 aliphatic heterocycles. The topological polar surface area (TPSA) is 75.2 Å². The lowest BCUT2D eigenvalue weighted by Crippen LogP contribution is -2.34. The van der Waals surface area contributed by atoms with Gasteiger partial charge in [0.05, 0.1) is 23.0 Å². The van der Waals surface area contributed by atoms with E-state index in [-0.39, 0.29) is 0 Å². The first-order valence-electron chi connectivity index (χ1n) is 8.94. The third-order valence-electron chi connectivity index (χ3n) is 4.83. The smallest absolute Gasteiger partial charge is 0.262 e. The number of hydrogen-bond acceptors (Lipinski definition) is 5. The molecule has 0 spiro atoms. The zero-order valence-corrected chi connectivity index (χ0v) is 16.6. The Morgan fingerprint density at radius 3 is 2.12 bits per heavy atom. The summed E-state index contributed by atoms with van der Waals surface area (Å²) in [4.78, 5) is 11.2. The number of rotatable bonds is 4. The number of piperidine rings is 1. The summed E-state index contributed by atoms with van der Waals surface area (Å²) >= 11 is 0. The molecule has 2 aromatic rings. The van der Waals surface area contributed by atoms with Crippen LogP contribution in [0.4, 0.5) is 11.6 Å². The van der Waals surface area contributed by atoms with Gasteiger partial charge in [0.1, 0.15) is 0 Å². The molecule has 1 aromatic carbocycles. The molecule has 0 amide bonds. The fourth-order valence-electron chi connectivity index (χ4n) is 3.54. The van der Waals surface area contributed by atoms with E-state index >= 15 is 0 Å². The zero-order chi connectivity index (χ0) is 18.9. The first-order chi connectivity index (χ1) is 12.3. The molecule has 0 bridgehead atoms. The van der Waals surface area contributed by atoms with Crippen LogP contribution in [0.3, 0.4) is 0 Å². The van der Waals surface area contributed by atoms with Gasteiger partial charge in [-0.25, -0.2) is 18.4 Å². The fourth-order valence-corrected chi connectivity index (χ4v) is 5.03. The van der Waals surface area contributed by atoms with Crippen molar-refractivity contribution in [2.24, 2.45) is 5.92 Å². The Hall–Kier alpha value is -2.15. The van der Waals surface area contributed by atoms with Crippen LogP contribution in [0.1, 0.15) is 36.5 Å². The number of aromatic nitrogens is 2. The predicted molar refractivity (Wildman–Crippen MR) is 104 cm³/mol. The Bertz CT molecular complexity index is 863. The van der Waals surface area contributed by atoms with Crippen LogP contribution < -0.4 is 9.62 Å². The maximum Gasteiger partial charge on any atom is 0.262 e. The van der Waals surface area contributed by atoms with Gasteiger partial charge in [-0.3, -0.25) is 4.72 Å². The number of nitrogens with one attached hydrogen (secondary N) is 1. The molecular weight excluding hydrogens is 348 g/mol. The van der Waals surface area contributed by atoms with E-state index in [1.54, 1.807) is 0 Å². The van der Waals surface area contributed by atoms with Crippen LogP contribution in [0.5, 0.6) is 0 Å². The molecule has 0 saturated carbocycles. The standard InChI is InChI=1S/C19H26N4O2S/c1-13-5-7-23(8-6-13)19-20-11-17(12-21-19)22-26(24,25)18-15(3)9-14(2)10-16(18)4/h9-13,22H,5-8H2,1-4H3. The second-order valence-electron chi connectivity index (χ2n) is 7.27. The van der Waals surface area contributed by atoms with Crippen molar-refractivity contribution in [2.75, 3.05) is 22.7 Å². The van der Waals surface area contributed by atoms with Crippen molar-refractivity contribution in [3.8, 4) is 0 Å². The molecule has 0 unspecified atom stereocenters. The number of benzene rings is 1. The van der Waals surface area contributed by atoms with Crippen molar-refractivity contribution >= 4 is 21.7 Å². The van der Waals surface area contributed by atoms with Gasteiger partial charge < -0.3 is 4.90 Å². The van der Waals surface area contributed by atoms with Crippen LogP contribution in [0.25, 0.3) is 0 Å². The fraction of sp³-hybridized carbons (Fsp3) is 0.474. The second-order valence-corrected chi connectivity index (χ2v) is 8.89. The van der Waals surface area contributed by atoms with E-state index in [1.165, 1.54) is 12.4 Å². The van der Waals surface area contributed by atoms with Crippen LogP contribution in [-0.4, -0.2) is 31.5 Å². The Labute approximate surface area is 155 Å². The molecule has 6 nitrogen and oxygen atoms in total. The van der Waals surface area contributed by atoms with Gasteiger partial charge in [-0.05, 0) is 50.7 Å². The lowest BCUT2D eigenvalue weighted by Gasteiger charge is -2.30. The molecule has 1 N–H and O–H groups in total. The van der Waals surface area contributed by atoms with Crippen LogP contribution >= 0.6 is 0 Å². The molecule has 3 rings (SSSR count). The molecule has 1 saturated heterocycles. The molecule has 1 aliphatic rings. The van der Waals surface area contributed by atoms with Crippen LogP contribution in [-0.2, 0) is 10.0 Å². The minimum Gasteiger partial charge on any atom is -0.341 e. The number of anilines is 2.